The monoisotopic (exact) mass is 170 g/mol. The Bertz CT molecular complexity index is 143. The Hall–Kier alpha value is -0.0800. The van der Waals surface area contributed by atoms with Gasteiger partial charge in [-0.3, -0.25) is 11.3 Å². The van der Waals surface area contributed by atoms with Gasteiger partial charge in [0.1, 0.15) is 0 Å². The van der Waals surface area contributed by atoms with Crippen LogP contribution in [0, 0.1) is 11.3 Å². The van der Waals surface area contributed by atoms with Crippen LogP contribution in [-0.4, -0.2) is 6.04 Å². The summed E-state index contributed by atoms with van der Waals surface area (Å²) in [6.45, 7) is 6.88. The van der Waals surface area contributed by atoms with Crippen molar-refractivity contribution in [2.45, 2.75) is 52.5 Å². The highest BCUT2D eigenvalue weighted by Crippen LogP contribution is 2.54. The molecule has 0 heterocycles. The van der Waals surface area contributed by atoms with Gasteiger partial charge in [0.25, 0.3) is 0 Å². The number of hydrogen-bond acceptors (Lipinski definition) is 2. The van der Waals surface area contributed by atoms with Crippen LogP contribution in [0.1, 0.15) is 46.5 Å². The lowest BCUT2D eigenvalue weighted by atomic mass is 10.00. The van der Waals surface area contributed by atoms with E-state index >= 15 is 0 Å². The molecular formula is C10H22N2. The molecule has 0 spiro atoms. The molecule has 0 saturated heterocycles. The number of hydrogen-bond donors (Lipinski definition) is 2. The van der Waals surface area contributed by atoms with E-state index in [1.54, 1.807) is 0 Å². The van der Waals surface area contributed by atoms with E-state index < -0.39 is 0 Å². The molecule has 2 atom stereocenters. The molecule has 1 rings (SSSR count). The van der Waals surface area contributed by atoms with Crippen LogP contribution in [0.15, 0.2) is 0 Å². The van der Waals surface area contributed by atoms with Crippen LogP contribution in [0.5, 0.6) is 0 Å². The standard InChI is InChI=1S/C10H22N2/c1-4-5-6-9(12-11)8-7-10(8,2)3/h8-9,12H,4-7,11H2,1-3H3. The third-order valence-electron chi connectivity index (χ3n) is 3.16. The first kappa shape index (κ1) is 10.0. The number of hydrazine groups is 1. The minimum atomic E-state index is 0.546. The fourth-order valence-corrected chi connectivity index (χ4v) is 2.02. The van der Waals surface area contributed by atoms with Gasteiger partial charge in [-0.2, -0.15) is 0 Å². The molecule has 2 unspecified atom stereocenters. The zero-order valence-corrected chi connectivity index (χ0v) is 8.56. The molecule has 12 heavy (non-hydrogen) atoms. The van der Waals surface area contributed by atoms with Gasteiger partial charge in [0, 0.05) is 6.04 Å². The Labute approximate surface area is 75.9 Å². The number of rotatable bonds is 5. The molecule has 3 N–H and O–H groups in total. The Balaban J connectivity index is 2.27. The zero-order chi connectivity index (χ0) is 9.19. The molecule has 2 heteroatoms. The smallest absolute Gasteiger partial charge is 0.0244 e. The second kappa shape index (κ2) is 3.75. The quantitative estimate of drug-likeness (QED) is 0.489. The van der Waals surface area contributed by atoms with Crippen molar-refractivity contribution < 1.29 is 0 Å². The summed E-state index contributed by atoms with van der Waals surface area (Å²) in [5.74, 6) is 6.34. The summed E-state index contributed by atoms with van der Waals surface area (Å²) >= 11 is 0. The molecule has 0 amide bonds. The molecule has 0 aromatic heterocycles. The average molecular weight is 170 g/mol. The van der Waals surface area contributed by atoms with Crippen LogP contribution in [-0.2, 0) is 0 Å². The van der Waals surface area contributed by atoms with E-state index in [0.717, 1.165) is 5.92 Å². The SMILES string of the molecule is CCCCC(NN)C1CC1(C)C. The minimum Gasteiger partial charge on any atom is -0.271 e. The predicted molar refractivity (Wildman–Crippen MR) is 52.5 cm³/mol. The van der Waals surface area contributed by atoms with E-state index in [1.807, 2.05) is 0 Å². The van der Waals surface area contributed by atoms with Crippen molar-refractivity contribution in [3.63, 3.8) is 0 Å². The van der Waals surface area contributed by atoms with Gasteiger partial charge in [-0.15, -0.1) is 0 Å². The predicted octanol–water partition coefficient (Wildman–Crippen LogP) is 2.05. The third-order valence-corrected chi connectivity index (χ3v) is 3.16. The summed E-state index contributed by atoms with van der Waals surface area (Å²) in [5, 5.41) is 0. The maximum absolute atomic E-state index is 5.53. The molecule has 0 aromatic rings. The summed E-state index contributed by atoms with van der Waals surface area (Å²) in [5.41, 5.74) is 3.50. The van der Waals surface area contributed by atoms with Gasteiger partial charge in [-0.25, -0.2) is 0 Å². The van der Waals surface area contributed by atoms with Crippen LogP contribution in [0.25, 0.3) is 0 Å². The highest BCUT2D eigenvalue weighted by atomic mass is 15.2. The third kappa shape index (κ3) is 2.20. The first-order chi connectivity index (χ1) is 5.61. The normalized spacial score (nSPS) is 28.5. The van der Waals surface area contributed by atoms with Crippen molar-refractivity contribution >= 4 is 0 Å². The molecule has 0 aromatic carbocycles. The van der Waals surface area contributed by atoms with Crippen LogP contribution >= 0.6 is 0 Å². The topological polar surface area (TPSA) is 38.0 Å². The second-order valence-electron chi connectivity index (χ2n) is 4.71. The fourth-order valence-electron chi connectivity index (χ4n) is 2.02. The lowest BCUT2D eigenvalue weighted by molar-refractivity contribution is 0.382. The van der Waals surface area contributed by atoms with Crippen LogP contribution in [0.4, 0.5) is 0 Å². The maximum Gasteiger partial charge on any atom is 0.0244 e. The lowest BCUT2D eigenvalue weighted by Gasteiger charge is -2.16. The van der Waals surface area contributed by atoms with E-state index in [9.17, 15) is 0 Å². The summed E-state index contributed by atoms with van der Waals surface area (Å²) < 4.78 is 0. The van der Waals surface area contributed by atoms with Gasteiger partial charge in [0.15, 0.2) is 0 Å². The molecule has 0 bridgehead atoms. The maximum atomic E-state index is 5.53. The van der Waals surface area contributed by atoms with Gasteiger partial charge in [0.2, 0.25) is 0 Å². The summed E-state index contributed by atoms with van der Waals surface area (Å²) in [6, 6.07) is 0.556. The molecule has 1 saturated carbocycles. The lowest BCUT2D eigenvalue weighted by Crippen LogP contribution is -2.37. The molecule has 72 valence electrons. The highest BCUT2D eigenvalue weighted by molar-refractivity contribution is 5.01. The number of nitrogens with one attached hydrogen (secondary N) is 1. The average Bonchev–Trinajstić information content (AvgIpc) is 2.62. The van der Waals surface area contributed by atoms with Crippen LogP contribution < -0.4 is 11.3 Å². The van der Waals surface area contributed by atoms with E-state index in [4.69, 9.17) is 5.84 Å². The fraction of sp³-hybridized carbons (Fsp3) is 1.00. The van der Waals surface area contributed by atoms with Gasteiger partial charge >= 0.3 is 0 Å². The first-order valence-corrected chi connectivity index (χ1v) is 5.08. The largest absolute Gasteiger partial charge is 0.271 e. The van der Waals surface area contributed by atoms with Crippen molar-refractivity contribution in [3.8, 4) is 0 Å². The Morgan fingerprint density at radius 3 is 2.50 bits per heavy atom. The van der Waals surface area contributed by atoms with Crippen molar-refractivity contribution in [2.24, 2.45) is 17.2 Å². The van der Waals surface area contributed by atoms with Crippen LogP contribution in [0.3, 0.4) is 0 Å². The molecule has 1 aliphatic carbocycles. The highest BCUT2D eigenvalue weighted by Gasteiger charge is 2.49. The van der Waals surface area contributed by atoms with Crippen molar-refractivity contribution in [2.75, 3.05) is 0 Å². The van der Waals surface area contributed by atoms with E-state index in [1.165, 1.54) is 25.7 Å². The Morgan fingerprint density at radius 1 is 1.58 bits per heavy atom. The Morgan fingerprint density at radius 2 is 2.17 bits per heavy atom. The van der Waals surface area contributed by atoms with E-state index in [0.29, 0.717) is 11.5 Å². The summed E-state index contributed by atoms with van der Waals surface area (Å²) in [6.07, 6.45) is 5.14. The molecule has 0 radical (unpaired) electrons. The zero-order valence-electron chi connectivity index (χ0n) is 8.56. The van der Waals surface area contributed by atoms with Crippen molar-refractivity contribution in [3.05, 3.63) is 0 Å². The van der Waals surface area contributed by atoms with E-state index in [2.05, 4.69) is 26.2 Å². The molecule has 2 nitrogen and oxygen atoms in total. The first-order valence-electron chi connectivity index (χ1n) is 5.08. The molecule has 1 fully saturated rings. The van der Waals surface area contributed by atoms with Gasteiger partial charge in [0.05, 0.1) is 0 Å². The minimum absolute atomic E-state index is 0.546. The number of nitrogens with two attached hydrogens (primary N) is 1. The van der Waals surface area contributed by atoms with Gasteiger partial charge in [-0.05, 0) is 24.2 Å². The number of unbranched alkanes of at least 4 members (excludes halogenated alkanes) is 1. The molecular weight excluding hydrogens is 148 g/mol. The van der Waals surface area contributed by atoms with Gasteiger partial charge < -0.3 is 0 Å². The second-order valence-corrected chi connectivity index (χ2v) is 4.71. The van der Waals surface area contributed by atoms with Crippen LogP contribution in [0.2, 0.25) is 0 Å². The van der Waals surface area contributed by atoms with Crippen molar-refractivity contribution in [1.29, 1.82) is 0 Å². The summed E-state index contributed by atoms with van der Waals surface area (Å²) in [7, 11) is 0. The van der Waals surface area contributed by atoms with Gasteiger partial charge in [-0.1, -0.05) is 33.6 Å². The molecule has 1 aliphatic rings. The van der Waals surface area contributed by atoms with Crippen molar-refractivity contribution in [1.82, 2.24) is 5.43 Å². The Kier molecular flexibility index (Phi) is 3.13. The molecule has 0 aliphatic heterocycles. The summed E-state index contributed by atoms with van der Waals surface area (Å²) in [4.78, 5) is 0. The van der Waals surface area contributed by atoms with E-state index in [-0.39, 0.29) is 0 Å².